The predicted octanol–water partition coefficient (Wildman–Crippen LogP) is 3.96. The third-order valence-electron chi connectivity index (χ3n) is 4.85. The Bertz CT molecular complexity index is 897. The van der Waals surface area contributed by atoms with Crippen molar-refractivity contribution in [2.45, 2.75) is 38.2 Å². The number of ether oxygens (including phenoxy) is 3. The van der Waals surface area contributed by atoms with Gasteiger partial charge in [0.2, 0.25) is 0 Å². The van der Waals surface area contributed by atoms with Crippen molar-refractivity contribution >= 4 is 11.6 Å². The van der Waals surface area contributed by atoms with E-state index in [4.69, 9.17) is 25.8 Å². The number of pyridine rings is 2. The summed E-state index contributed by atoms with van der Waals surface area (Å²) in [5, 5.41) is -0.252. The summed E-state index contributed by atoms with van der Waals surface area (Å²) in [4.78, 5) is 9.97. The van der Waals surface area contributed by atoms with Crippen molar-refractivity contribution in [1.82, 2.24) is 14.9 Å². The van der Waals surface area contributed by atoms with E-state index in [1.165, 1.54) is 6.07 Å². The first-order chi connectivity index (χ1) is 13.8. The molecule has 1 fully saturated rings. The monoisotopic (exact) mass is 429 g/mol. The maximum Gasteiger partial charge on any atom is 0.433 e. The summed E-state index contributed by atoms with van der Waals surface area (Å²) in [6, 6.07) is 6.07. The lowest BCUT2D eigenvalue weighted by atomic mass is 10.2. The van der Waals surface area contributed by atoms with Crippen molar-refractivity contribution in [3.05, 3.63) is 40.8 Å². The molecule has 2 aliphatic heterocycles. The zero-order chi connectivity index (χ0) is 20.6. The second kappa shape index (κ2) is 7.87. The summed E-state index contributed by atoms with van der Waals surface area (Å²) in [5.41, 5.74) is -0.239. The molecule has 4 heterocycles. The van der Waals surface area contributed by atoms with E-state index in [9.17, 15) is 13.2 Å². The number of alkyl halides is 3. The highest BCUT2D eigenvalue weighted by molar-refractivity contribution is 6.29. The van der Waals surface area contributed by atoms with Gasteiger partial charge in [-0.15, -0.1) is 0 Å². The van der Waals surface area contributed by atoms with E-state index in [-0.39, 0.29) is 23.0 Å². The molecule has 6 nitrogen and oxygen atoms in total. The molecule has 2 aromatic heterocycles. The molecule has 4 rings (SSSR count). The molecule has 10 heteroatoms. The first-order valence-electron chi connectivity index (χ1n) is 9.19. The third kappa shape index (κ3) is 4.67. The number of nitrogens with zero attached hydrogens (tertiary/aromatic N) is 3. The van der Waals surface area contributed by atoms with Crippen LogP contribution in [0.3, 0.4) is 0 Å². The van der Waals surface area contributed by atoms with E-state index in [1.807, 2.05) is 19.1 Å². The van der Waals surface area contributed by atoms with Crippen LogP contribution in [0.2, 0.25) is 5.15 Å². The Morgan fingerprint density at radius 3 is 2.79 bits per heavy atom. The summed E-state index contributed by atoms with van der Waals surface area (Å²) < 4.78 is 55.6. The van der Waals surface area contributed by atoms with Crippen LogP contribution in [0.15, 0.2) is 24.3 Å². The molecule has 2 aromatic rings. The minimum Gasteiger partial charge on any atom is -0.489 e. The second-order valence-corrected chi connectivity index (χ2v) is 7.45. The highest BCUT2D eigenvalue weighted by atomic mass is 35.5. The fraction of sp³-hybridized carbons (Fsp3) is 0.474. The number of hydrogen-bond donors (Lipinski definition) is 0. The van der Waals surface area contributed by atoms with Gasteiger partial charge in [-0.25, -0.2) is 9.97 Å². The van der Waals surface area contributed by atoms with Crippen LogP contribution in [0.5, 0.6) is 17.4 Å². The highest BCUT2D eigenvalue weighted by Gasteiger charge is 2.35. The second-order valence-electron chi connectivity index (χ2n) is 7.07. The van der Waals surface area contributed by atoms with Gasteiger partial charge < -0.3 is 14.2 Å². The lowest BCUT2D eigenvalue weighted by Crippen LogP contribution is -2.28. The highest BCUT2D eigenvalue weighted by Crippen LogP contribution is 2.33. The fourth-order valence-corrected chi connectivity index (χ4v) is 3.69. The first kappa shape index (κ1) is 20.0. The summed E-state index contributed by atoms with van der Waals surface area (Å²) >= 11 is 5.73. The molecule has 0 spiro atoms. The Morgan fingerprint density at radius 1 is 1.21 bits per heavy atom. The summed E-state index contributed by atoms with van der Waals surface area (Å²) in [6.07, 6.45) is -4.17. The average molecular weight is 430 g/mol. The van der Waals surface area contributed by atoms with Crippen LogP contribution in [-0.4, -0.2) is 46.8 Å². The molecule has 156 valence electrons. The van der Waals surface area contributed by atoms with Gasteiger partial charge in [0, 0.05) is 37.7 Å². The van der Waals surface area contributed by atoms with Crippen molar-refractivity contribution in [1.29, 1.82) is 0 Å². The number of aromatic nitrogens is 2. The predicted molar refractivity (Wildman–Crippen MR) is 98.4 cm³/mol. The van der Waals surface area contributed by atoms with Crippen molar-refractivity contribution in [3.8, 4) is 17.4 Å². The molecule has 0 amide bonds. The van der Waals surface area contributed by atoms with Gasteiger partial charge in [-0.2, -0.15) is 13.2 Å². The van der Waals surface area contributed by atoms with E-state index >= 15 is 0 Å². The number of halogens is 4. The molecule has 29 heavy (non-hydrogen) atoms. The molecule has 0 saturated carbocycles. The van der Waals surface area contributed by atoms with Crippen molar-refractivity contribution in [2.75, 3.05) is 19.8 Å². The Balaban J connectivity index is 1.42. The van der Waals surface area contributed by atoms with E-state index in [2.05, 4.69) is 14.9 Å². The number of hydrogen-bond acceptors (Lipinski definition) is 6. The molecule has 0 unspecified atom stereocenters. The number of rotatable bonds is 4. The van der Waals surface area contributed by atoms with Gasteiger partial charge in [-0.3, -0.25) is 4.90 Å². The molecule has 0 radical (unpaired) electrons. The van der Waals surface area contributed by atoms with Crippen molar-refractivity contribution < 1.29 is 27.4 Å². The first-order valence-corrected chi connectivity index (χ1v) is 9.57. The third-order valence-corrected chi connectivity index (χ3v) is 5.05. The minimum absolute atomic E-state index is 0.0637. The molecule has 0 bridgehead atoms. The van der Waals surface area contributed by atoms with Crippen LogP contribution in [0.1, 0.15) is 24.7 Å². The van der Waals surface area contributed by atoms with Gasteiger partial charge in [-0.05, 0) is 19.1 Å². The van der Waals surface area contributed by atoms with Gasteiger partial charge >= 0.3 is 6.18 Å². The standard InChI is InChI=1S/C19H19ClF3N3O3/c1-11-6-14(29-13-7-16(19(21,22)23)25-17(20)8-13)10-26(11)9-12-2-3-15-18(24-12)28-5-4-27-15/h2-3,7-8,11,14H,4-6,9-10H2,1H3/t11-,14+/m0/s1. The van der Waals surface area contributed by atoms with E-state index in [1.54, 1.807) is 0 Å². The molecule has 0 aliphatic carbocycles. The minimum atomic E-state index is -4.58. The summed E-state index contributed by atoms with van der Waals surface area (Å²) in [6.45, 7) is 4.14. The maximum atomic E-state index is 12.9. The molecular formula is C19H19ClF3N3O3. The summed E-state index contributed by atoms with van der Waals surface area (Å²) in [7, 11) is 0. The molecule has 0 aromatic carbocycles. The van der Waals surface area contributed by atoms with Crippen molar-refractivity contribution in [3.63, 3.8) is 0 Å². The lowest BCUT2D eigenvalue weighted by Gasteiger charge is -2.22. The number of fused-ring (bicyclic) bond motifs is 1. The average Bonchev–Trinajstić information content (AvgIpc) is 2.99. The molecule has 1 saturated heterocycles. The summed E-state index contributed by atoms with van der Waals surface area (Å²) in [5.74, 6) is 1.18. The zero-order valence-electron chi connectivity index (χ0n) is 15.6. The largest absolute Gasteiger partial charge is 0.489 e. The SMILES string of the molecule is C[C@H]1C[C@@H](Oc2cc(Cl)nc(C(F)(F)F)c2)CN1Cc1ccc2c(n1)OCCO2. The van der Waals surface area contributed by atoms with Crippen LogP contribution in [-0.2, 0) is 12.7 Å². The van der Waals surface area contributed by atoms with Gasteiger partial charge in [0.05, 0.1) is 5.69 Å². The molecule has 2 aliphatic rings. The Kier molecular flexibility index (Phi) is 5.44. The van der Waals surface area contributed by atoms with E-state index in [0.717, 1.165) is 11.8 Å². The van der Waals surface area contributed by atoms with Crippen molar-refractivity contribution in [2.24, 2.45) is 0 Å². The van der Waals surface area contributed by atoms with Crippen LogP contribution in [0.4, 0.5) is 13.2 Å². The molecule has 0 N–H and O–H groups in total. The van der Waals surface area contributed by atoms with Crippen LogP contribution < -0.4 is 14.2 Å². The lowest BCUT2D eigenvalue weighted by molar-refractivity contribution is -0.141. The van der Waals surface area contributed by atoms with Crippen LogP contribution in [0.25, 0.3) is 0 Å². The van der Waals surface area contributed by atoms with Gasteiger partial charge in [-0.1, -0.05) is 11.6 Å². The van der Waals surface area contributed by atoms with Crippen LogP contribution in [0, 0.1) is 0 Å². The topological polar surface area (TPSA) is 56.7 Å². The number of likely N-dealkylation sites (tertiary alicyclic amines) is 1. The quantitative estimate of drug-likeness (QED) is 0.686. The van der Waals surface area contributed by atoms with Gasteiger partial charge in [0.25, 0.3) is 5.88 Å². The Hall–Kier alpha value is -2.26. The van der Waals surface area contributed by atoms with Gasteiger partial charge in [0.15, 0.2) is 5.75 Å². The Labute approximate surface area is 170 Å². The maximum absolute atomic E-state index is 12.9. The fourth-order valence-electron chi connectivity index (χ4n) is 3.50. The normalized spacial score (nSPS) is 22.0. The van der Waals surface area contributed by atoms with E-state index < -0.39 is 11.9 Å². The van der Waals surface area contributed by atoms with Crippen LogP contribution >= 0.6 is 11.6 Å². The Morgan fingerprint density at radius 2 is 2.00 bits per heavy atom. The zero-order valence-corrected chi connectivity index (χ0v) is 16.3. The van der Waals surface area contributed by atoms with E-state index in [0.29, 0.717) is 44.4 Å². The smallest absolute Gasteiger partial charge is 0.433 e. The molecular weight excluding hydrogens is 411 g/mol. The molecule has 2 atom stereocenters. The van der Waals surface area contributed by atoms with Gasteiger partial charge in [0.1, 0.15) is 35.9 Å².